The molecule has 37 heavy (non-hydrogen) atoms. The molecule has 0 bridgehead atoms. The van der Waals surface area contributed by atoms with Crippen LogP contribution in [0.25, 0.3) is 0 Å². The third-order valence-electron chi connectivity index (χ3n) is 6.07. The topological polar surface area (TPSA) is 18.5 Å². The van der Waals surface area contributed by atoms with Crippen LogP contribution in [0.15, 0.2) is 0 Å². The van der Waals surface area contributed by atoms with Gasteiger partial charge >= 0.3 is 219 Å². The van der Waals surface area contributed by atoms with Crippen molar-refractivity contribution in [2.45, 2.75) is 137 Å². The third-order valence-corrected chi connectivity index (χ3v) is 16.0. The summed E-state index contributed by atoms with van der Waals surface area (Å²) in [5, 5.41) is 0. The van der Waals surface area contributed by atoms with Crippen molar-refractivity contribution in [2.75, 3.05) is 13.2 Å². The van der Waals surface area contributed by atoms with Crippen molar-refractivity contribution in [3.63, 3.8) is 0 Å². The zero-order valence-corrected chi connectivity index (χ0v) is 24.5. The van der Waals surface area contributed by atoms with E-state index in [0.29, 0.717) is 25.7 Å². The molecule has 6 unspecified atom stereocenters. The molecule has 0 heterocycles. The van der Waals surface area contributed by atoms with Crippen molar-refractivity contribution in [3.05, 3.63) is 0 Å². The summed E-state index contributed by atoms with van der Waals surface area (Å²) in [6.45, 7) is 2.92. The summed E-state index contributed by atoms with van der Waals surface area (Å²) >= 11 is -6.74. The predicted molar refractivity (Wildman–Crippen MR) is 126 cm³/mol. The monoisotopic (exact) mass is 672 g/mol. The summed E-state index contributed by atoms with van der Waals surface area (Å²) < 4.78 is 142. The average molecular weight is 671 g/mol. The first kappa shape index (κ1) is 37.0. The van der Waals surface area contributed by atoms with Gasteiger partial charge in [-0.05, 0) is 0 Å². The Morgan fingerprint density at radius 2 is 0.730 bits per heavy atom. The molecule has 0 aliphatic carbocycles. The van der Waals surface area contributed by atoms with Crippen LogP contribution in [0.5, 0.6) is 0 Å². The van der Waals surface area contributed by atoms with Gasteiger partial charge in [0.15, 0.2) is 0 Å². The molecule has 0 aromatic heterocycles. The molecule has 0 aromatic rings. The van der Waals surface area contributed by atoms with Gasteiger partial charge in [-0.1, -0.05) is 0 Å². The number of alkyl halides is 10. The average Bonchev–Trinajstić information content (AvgIpc) is 2.88. The van der Waals surface area contributed by atoms with Gasteiger partial charge < -0.3 is 0 Å². The van der Waals surface area contributed by atoms with Gasteiger partial charge in [0.05, 0.1) is 0 Å². The Kier molecular flexibility index (Phi) is 20.9. The summed E-state index contributed by atoms with van der Waals surface area (Å²) in [6.07, 6.45) is -14.7. The summed E-state index contributed by atoms with van der Waals surface area (Å²) in [6, 6.07) is 0. The first-order valence-corrected chi connectivity index (χ1v) is 18.8. The predicted octanol–water partition coefficient (Wildman–Crippen LogP) is 8.82. The van der Waals surface area contributed by atoms with Gasteiger partial charge in [0.25, 0.3) is 0 Å². The molecule has 6 atom stereocenters. The van der Waals surface area contributed by atoms with E-state index in [4.69, 9.17) is 6.15 Å². The van der Waals surface area contributed by atoms with Crippen LogP contribution >= 0.6 is 0 Å². The fraction of sp³-hybridized carbons (Fsp3) is 1.00. The van der Waals surface area contributed by atoms with Crippen LogP contribution in [0, 0.1) is 0 Å². The van der Waals surface area contributed by atoms with E-state index >= 15 is 8.78 Å². The minimum atomic E-state index is -6.74. The fourth-order valence-electron chi connectivity index (χ4n) is 3.79. The van der Waals surface area contributed by atoms with Crippen molar-refractivity contribution >= 4 is 19.2 Å². The van der Waals surface area contributed by atoms with Crippen LogP contribution in [0.4, 0.5) is 43.9 Å². The molecule has 0 N–H and O–H groups in total. The van der Waals surface area contributed by atoms with Gasteiger partial charge in [0, 0.05) is 0 Å². The van der Waals surface area contributed by atoms with E-state index in [1.54, 1.807) is 0 Å². The molecule has 0 rings (SSSR count). The number of halogens is 10. The Balaban J connectivity index is 5.86. The van der Waals surface area contributed by atoms with E-state index in [1.807, 2.05) is 13.8 Å². The molecule has 0 saturated heterocycles. The molecule has 0 aromatic carbocycles. The molecule has 2 nitrogen and oxygen atoms in total. The first-order valence-electron chi connectivity index (χ1n) is 13.2. The van der Waals surface area contributed by atoms with Gasteiger partial charge in [0.1, 0.15) is 0 Å². The van der Waals surface area contributed by atoms with Crippen LogP contribution < -0.4 is 0 Å². The maximum absolute atomic E-state index is 15.3. The summed E-state index contributed by atoms with van der Waals surface area (Å²) in [7, 11) is 0. The molecule has 13 heteroatoms. The van der Waals surface area contributed by atoms with Crippen molar-refractivity contribution in [1.82, 2.24) is 0 Å². The minimum absolute atomic E-state index is 0.137. The van der Waals surface area contributed by atoms with Crippen molar-refractivity contribution in [2.24, 2.45) is 0 Å². The van der Waals surface area contributed by atoms with E-state index in [9.17, 15) is 35.1 Å². The second-order valence-corrected chi connectivity index (χ2v) is 18.1. The number of rotatable bonds is 24. The molecule has 0 spiro atoms. The van der Waals surface area contributed by atoms with Crippen LogP contribution in [-0.2, 0) is 6.15 Å². The van der Waals surface area contributed by atoms with Crippen molar-refractivity contribution in [3.8, 4) is 0 Å². The Morgan fingerprint density at radius 1 is 0.432 bits per heavy atom. The second-order valence-electron chi connectivity index (χ2n) is 9.20. The first-order chi connectivity index (χ1) is 17.5. The molecule has 0 aliphatic heterocycles. The quantitative estimate of drug-likeness (QED) is 0.0581. The van der Waals surface area contributed by atoms with Crippen molar-refractivity contribution in [1.29, 1.82) is 0 Å². The Labute approximate surface area is 219 Å². The molecule has 0 radical (unpaired) electrons. The summed E-state index contributed by atoms with van der Waals surface area (Å²) in [5.41, 5.74) is 0. The van der Waals surface area contributed by atoms with E-state index in [2.05, 4.69) is 0 Å². The van der Waals surface area contributed by atoms with Gasteiger partial charge in [-0.25, -0.2) is 0 Å². The molecule has 0 saturated carbocycles. The van der Waals surface area contributed by atoms with E-state index in [1.165, 1.54) is 0 Å². The Morgan fingerprint density at radius 3 is 1.03 bits per heavy atom. The second kappa shape index (κ2) is 20.9. The van der Waals surface area contributed by atoms with Crippen LogP contribution in [0.2, 0.25) is 0 Å². The van der Waals surface area contributed by atoms with E-state index in [-0.39, 0.29) is 12.8 Å². The molecule has 0 aliphatic rings. The van der Waals surface area contributed by atoms with E-state index < -0.39 is 78.3 Å². The zero-order valence-electron chi connectivity index (χ0n) is 21.6. The van der Waals surface area contributed by atoms with Crippen LogP contribution in [-0.4, -0.2) is 78.3 Å². The summed E-state index contributed by atoms with van der Waals surface area (Å²) in [4.78, 5) is 0. The van der Waals surface area contributed by atoms with Gasteiger partial charge in [-0.15, -0.1) is 0 Å². The normalized spacial score (nSPS) is 17.7. The fourth-order valence-corrected chi connectivity index (χ4v) is 12.9. The van der Waals surface area contributed by atoms with Gasteiger partial charge in [-0.2, -0.15) is 0 Å². The Hall–Kier alpha value is 0.0187. The molecule has 0 fully saturated rings. The number of unbranched alkanes of at least 4 members (excludes halogenated alkanes) is 10. The SMILES string of the molecule is CCCCCCCC[O][Sn]([O]CCCCCCCC)([CH](F)C(F)C(F)C(F)F)[CH](F)C(F)C(F)C(F)F. The summed E-state index contributed by atoms with van der Waals surface area (Å²) in [5.74, 6) is 0. The third kappa shape index (κ3) is 13.3. The van der Waals surface area contributed by atoms with Gasteiger partial charge in [0.2, 0.25) is 0 Å². The molecular weight excluding hydrogens is 629 g/mol. The van der Waals surface area contributed by atoms with Crippen molar-refractivity contribution < 1.29 is 50.1 Å². The molecule has 0 amide bonds. The maximum atomic E-state index is 15.3. The van der Waals surface area contributed by atoms with Gasteiger partial charge in [-0.3, -0.25) is 0 Å². The zero-order chi connectivity index (χ0) is 28.4. The Bertz CT molecular complexity index is 504. The number of hydrogen-bond donors (Lipinski definition) is 0. The number of hydrogen-bond acceptors (Lipinski definition) is 2. The van der Waals surface area contributed by atoms with E-state index in [0.717, 1.165) is 38.5 Å². The van der Waals surface area contributed by atoms with Crippen LogP contribution in [0.3, 0.4) is 0 Å². The molecule has 224 valence electrons. The standard InChI is InChI=1S/2C8H17O.2C4H4F5.Sn/c2*1-2-3-4-5-6-7-8-9;2*5-1-2(6)3(7)4(8)9;/h2*2-8H2,1H3;2*1-4H;/q2*-1;;;+2. The molecular formula is C24H42F10O2Sn. The van der Waals surface area contributed by atoms with Crippen LogP contribution in [0.1, 0.15) is 90.9 Å².